The molecule has 0 aliphatic heterocycles. The highest BCUT2D eigenvalue weighted by Gasteiger charge is 2.26. The van der Waals surface area contributed by atoms with Crippen molar-refractivity contribution in [2.24, 2.45) is 0 Å². The van der Waals surface area contributed by atoms with Gasteiger partial charge in [-0.3, -0.25) is 0 Å². The van der Waals surface area contributed by atoms with Crippen LogP contribution in [-0.2, 0) is 4.79 Å². The van der Waals surface area contributed by atoms with Crippen molar-refractivity contribution < 1.29 is 14.7 Å². The van der Waals surface area contributed by atoms with E-state index < -0.39 is 12.0 Å². The number of carbonyl (C=O) groups excluding carboxylic acids is 1. The number of rotatable bonds is 6. The molecular formula is C12H22N2O3S. The average molecular weight is 274 g/mol. The van der Waals surface area contributed by atoms with Crippen LogP contribution in [0.1, 0.15) is 39.5 Å². The third-order valence-electron chi connectivity index (χ3n) is 3.13. The number of aliphatic carboxylic acids is 1. The van der Waals surface area contributed by atoms with E-state index in [1.807, 2.05) is 11.8 Å². The van der Waals surface area contributed by atoms with E-state index in [0.717, 1.165) is 25.0 Å². The van der Waals surface area contributed by atoms with E-state index in [4.69, 9.17) is 5.11 Å². The van der Waals surface area contributed by atoms with Gasteiger partial charge in [0.25, 0.3) is 0 Å². The Morgan fingerprint density at radius 1 is 1.39 bits per heavy atom. The molecule has 0 bridgehead atoms. The van der Waals surface area contributed by atoms with Gasteiger partial charge in [0.05, 0.1) is 0 Å². The molecule has 0 saturated heterocycles. The third kappa shape index (κ3) is 4.76. The largest absolute Gasteiger partial charge is 0.480 e. The van der Waals surface area contributed by atoms with Crippen LogP contribution in [0.5, 0.6) is 0 Å². The number of thioether (sulfide) groups is 1. The number of amides is 2. The summed E-state index contributed by atoms with van der Waals surface area (Å²) < 4.78 is 0. The van der Waals surface area contributed by atoms with Crippen LogP contribution in [0.25, 0.3) is 0 Å². The first kappa shape index (κ1) is 15.1. The molecule has 3 N–H and O–H groups in total. The summed E-state index contributed by atoms with van der Waals surface area (Å²) >= 11 is 1.93. The van der Waals surface area contributed by atoms with Crippen LogP contribution < -0.4 is 10.6 Å². The third-order valence-corrected chi connectivity index (χ3v) is 4.37. The standard InChI is InChI=1S/C12H22N2O3S/c1-3-10(11(15)16)14-12(17)13-8-5-6-9(7-8)18-4-2/h8-10H,3-7H2,1-2H3,(H,15,16)(H2,13,14,17). The number of carbonyl (C=O) groups is 2. The quantitative estimate of drug-likeness (QED) is 0.690. The summed E-state index contributed by atoms with van der Waals surface area (Å²) in [6.45, 7) is 3.87. The first-order valence-electron chi connectivity index (χ1n) is 6.48. The Morgan fingerprint density at radius 3 is 2.67 bits per heavy atom. The second-order valence-corrected chi connectivity index (χ2v) is 6.08. The van der Waals surface area contributed by atoms with Crippen molar-refractivity contribution in [3.8, 4) is 0 Å². The number of hydrogen-bond acceptors (Lipinski definition) is 3. The van der Waals surface area contributed by atoms with Crippen molar-refractivity contribution in [3.63, 3.8) is 0 Å². The highest BCUT2D eigenvalue weighted by atomic mass is 32.2. The van der Waals surface area contributed by atoms with Gasteiger partial charge in [0.2, 0.25) is 0 Å². The smallest absolute Gasteiger partial charge is 0.326 e. The summed E-state index contributed by atoms with van der Waals surface area (Å²) in [7, 11) is 0. The minimum Gasteiger partial charge on any atom is -0.480 e. The van der Waals surface area contributed by atoms with Crippen molar-refractivity contribution in [1.82, 2.24) is 10.6 Å². The van der Waals surface area contributed by atoms with Crippen LogP contribution in [0.15, 0.2) is 0 Å². The Kier molecular flexibility index (Phi) is 6.32. The molecule has 5 nitrogen and oxygen atoms in total. The van der Waals surface area contributed by atoms with Gasteiger partial charge in [-0.25, -0.2) is 9.59 Å². The molecule has 3 atom stereocenters. The molecule has 1 aliphatic carbocycles. The zero-order valence-electron chi connectivity index (χ0n) is 10.9. The molecular weight excluding hydrogens is 252 g/mol. The van der Waals surface area contributed by atoms with Gasteiger partial charge in [-0.15, -0.1) is 0 Å². The van der Waals surface area contributed by atoms with Gasteiger partial charge < -0.3 is 15.7 Å². The van der Waals surface area contributed by atoms with Gasteiger partial charge in [0.1, 0.15) is 6.04 Å². The number of hydrogen-bond donors (Lipinski definition) is 3. The van der Waals surface area contributed by atoms with E-state index in [0.29, 0.717) is 11.7 Å². The maximum absolute atomic E-state index is 11.6. The fraction of sp³-hybridized carbons (Fsp3) is 0.833. The Hall–Kier alpha value is -0.910. The van der Waals surface area contributed by atoms with Crippen molar-refractivity contribution >= 4 is 23.8 Å². The van der Waals surface area contributed by atoms with Crippen LogP contribution in [0.2, 0.25) is 0 Å². The summed E-state index contributed by atoms with van der Waals surface area (Å²) in [5.74, 6) is 0.110. The highest BCUT2D eigenvalue weighted by molar-refractivity contribution is 7.99. The van der Waals surface area contributed by atoms with Crippen LogP contribution in [-0.4, -0.2) is 40.2 Å². The molecule has 0 aromatic heterocycles. The first-order chi connectivity index (χ1) is 8.56. The van der Waals surface area contributed by atoms with Crippen LogP contribution in [0.3, 0.4) is 0 Å². The van der Waals surface area contributed by atoms with Gasteiger partial charge in [-0.1, -0.05) is 13.8 Å². The topological polar surface area (TPSA) is 78.4 Å². The normalized spacial score (nSPS) is 24.6. The number of nitrogens with one attached hydrogen (secondary N) is 2. The number of urea groups is 1. The van der Waals surface area contributed by atoms with Crippen LogP contribution in [0, 0.1) is 0 Å². The predicted octanol–water partition coefficient (Wildman–Crippen LogP) is 1.82. The zero-order valence-corrected chi connectivity index (χ0v) is 11.8. The molecule has 0 radical (unpaired) electrons. The Balaban J connectivity index is 2.30. The molecule has 104 valence electrons. The van der Waals surface area contributed by atoms with Crippen molar-refractivity contribution in [1.29, 1.82) is 0 Å². The molecule has 0 aromatic rings. The molecule has 0 spiro atoms. The summed E-state index contributed by atoms with van der Waals surface area (Å²) in [6, 6.07) is -0.982. The van der Waals surface area contributed by atoms with Gasteiger partial charge in [-0.2, -0.15) is 11.8 Å². The Bertz CT molecular complexity index is 299. The molecule has 3 unspecified atom stereocenters. The van der Waals surface area contributed by atoms with Crippen molar-refractivity contribution in [3.05, 3.63) is 0 Å². The Morgan fingerprint density at radius 2 is 2.11 bits per heavy atom. The summed E-state index contributed by atoms with van der Waals surface area (Å²) in [5, 5.41) is 14.8. The monoisotopic (exact) mass is 274 g/mol. The summed E-state index contributed by atoms with van der Waals surface area (Å²) in [5.41, 5.74) is 0. The van der Waals surface area contributed by atoms with Crippen LogP contribution >= 0.6 is 11.8 Å². The first-order valence-corrected chi connectivity index (χ1v) is 7.53. The fourth-order valence-corrected chi connectivity index (χ4v) is 3.32. The van der Waals surface area contributed by atoms with Crippen molar-refractivity contribution in [2.75, 3.05) is 5.75 Å². The minimum absolute atomic E-state index is 0.181. The molecule has 0 heterocycles. The molecule has 1 rings (SSSR count). The highest BCUT2D eigenvalue weighted by Crippen LogP contribution is 2.29. The van der Waals surface area contributed by atoms with Crippen LogP contribution in [0.4, 0.5) is 4.79 Å². The molecule has 1 fully saturated rings. The minimum atomic E-state index is -0.988. The molecule has 6 heteroatoms. The SMILES string of the molecule is CCSC1CCC(NC(=O)NC(CC)C(=O)O)C1. The Labute approximate surface area is 112 Å². The second-order valence-electron chi connectivity index (χ2n) is 4.50. The van der Waals surface area contributed by atoms with E-state index in [-0.39, 0.29) is 12.1 Å². The molecule has 1 saturated carbocycles. The number of carboxylic acids is 1. The lowest BCUT2D eigenvalue weighted by atomic mass is 10.2. The molecule has 1 aliphatic rings. The maximum atomic E-state index is 11.6. The molecule has 0 aromatic carbocycles. The molecule has 18 heavy (non-hydrogen) atoms. The van der Waals surface area contributed by atoms with E-state index in [1.54, 1.807) is 6.92 Å². The molecule has 2 amide bonds. The lowest BCUT2D eigenvalue weighted by Crippen LogP contribution is -2.48. The van der Waals surface area contributed by atoms with Gasteiger partial charge in [0, 0.05) is 11.3 Å². The van der Waals surface area contributed by atoms with Gasteiger partial charge in [0.15, 0.2) is 0 Å². The zero-order chi connectivity index (χ0) is 13.5. The number of carboxylic acid groups (broad SMARTS) is 1. The van der Waals surface area contributed by atoms with Gasteiger partial charge >= 0.3 is 12.0 Å². The lowest BCUT2D eigenvalue weighted by Gasteiger charge is -2.17. The predicted molar refractivity (Wildman–Crippen MR) is 72.9 cm³/mol. The maximum Gasteiger partial charge on any atom is 0.326 e. The summed E-state index contributed by atoms with van der Waals surface area (Å²) in [4.78, 5) is 22.4. The second kappa shape index (κ2) is 7.51. The fourth-order valence-electron chi connectivity index (χ4n) is 2.18. The van der Waals surface area contributed by atoms with E-state index in [2.05, 4.69) is 17.6 Å². The van der Waals surface area contributed by atoms with E-state index >= 15 is 0 Å². The summed E-state index contributed by atoms with van der Waals surface area (Å²) in [6.07, 6.45) is 3.48. The van der Waals surface area contributed by atoms with Crippen molar-refractivity contribution in [2.45, 2.75) is 56.9 Å². The lowest BCUT2D eigenvalue weighted by molar-refractivity contribution is -0.139. The van der Waals surface area contributed by atoms with Gasteiger partial charge in [-0.05, 0) is 31.4 Å². The van der Waals surface area contributed by atoms with E-state index in [9.17, 15) is 9.59 Å². The average Bonchev–Trinajstić information content (AvgIpc) is 2.73. The van der Waals surface area contributed by atoms with E-state index in [1.165, 1.54) is 0 Å².